The van der Waals surface area contributed by atoms with Gasteiger partial charge in [-0.3, -0.25) is 10.1 Å². The van der Waals surface area contributed by atoms with Crippen LogP contribution in [0, 0.1) is 11.3 Å². The number of hydrogen-bond acceptors (Lipinski definition) is 5. The maximum atomic E-state index is 12.3. The average Bonchev–Trinajstić information content (AvgIpc) is 2.78. The van der Waals surface area contributed by atoms with Crippen LogP contribution in [0.3, 0.4) is 0 Å². The third-order valence-electron chi connectivity index (χ3n) is 3.96. The monoisotopic (exact) mass is 417 g/mol. The van der Waals surface area contributed by atoms with Crippen LogP contribution in [0.1, 0.15) is 15.9 Å². The highest BCUT2D eigenvalue weighted by Gasteiger charge is 2.08. The number of rotatable bonds is 7. The lowest BCUT2D eigenvalue weighted by Crippen LogP contribution is -2.34. The number of carbonyl (C=O) groups excluding carboxylic acids is 1. The van der Waals surface area contributed by atoms with Crippen molar-refractivity contribution in [1.82, 2.24) is 5.32 Å². The Morgan fingerprint density at radius 3 is 2.23 bits per heavy atom. The molecule has 1 amide bonds. The summed E-state index contributed by atoms with van der Waals surface area (Å²) in [4.78, 5) is 12.3. The molecule has 150 valence electrons. The van der Waals surface area contributed by atoms with E-state index in [1.807, 2.05) is 36.4 Å². The van der Waals surface area contributed by atoms with Gasteiger partial charge in [0.2, 0.25) is 0 Å². The molecule has 0 unspecified atom stereocenters. The van der Waals surface area contributed by atoms with Gasteiger partial charge in [0.1, 0.15) is 24.7 Å². The minimum Gasteiger partial charge on any atom is -0.490 e. The Bertz CT molecular complexity index is 1050. The lowest BCUT2D eigenvalue weighted by molar-refractivity contribution is 0.0977. The van der Waals surface area contributed by atoms with Crippen molar-refractivity contribution in [2.75, 3.05) is 18.5 Å². The summed E-state index contributed by atoms with van der Waals surface area (Å²) in [5.74, 6) is 1.08. The smallest absolute Gasteiger partial charge is 0.257 e. The van der Waals surface area contributed by atoms with Gasteiger partial charge in [0.25, 0.3) is 5.91 Å². The van der Waals surface area contributed by atoms with Gasteiger partial charge in [-0.2, -0.15) is 5.26 Å². The van der Waals surface area contributed by atoms with E-state index in [1.54, 1.807) is 48.5 Å². The number of nitriles is 1. The van der Waals surface area contributed by atoms with Gasteiger partial charge in [0.05, 0.1) is 11.6 Å². The van der Waals surface area contributed by atoms with Crippen molar-refractivity contribution in [3.05, 3.63) is 90.0 Å². The van der Waals surface area contributed by atoms with Crippen molar-refractivity contribution in [3.63, 3.8) is 0 Å². The first kappa shape index (κ1) is 20.8. The number of ether oxygens (including phenoxy) is 2. The molecule has 0 saturated carbocycles. The standard InChI is InChI=1S/C23H19N3O3S/c24-16-17-5-4-6-19(15-17)25-23(30)26-22(27)18-9-11-21(12-10-18)29-14-13-28-20-7-2-1-3-8-20/h1-12,15H,13-14H2,(H2,25,26,27,30). The van der Waals surface area contributed by atoms with Crippen molar-refractivity contribution in [1.29, 1.82) is 5.26 Å². The zero-order valence-electron chi connectivity index (χ0n) is 16.0. The first-order valence-electron chi connectivity index (χ1n) is 9.17. The van der Waals surface area contributed by atoms with E-state index in [9.17, 15) is 4.79 Å². The summed E-state index contributed by atoms with van der Waals surface area (Å²) in [6, 6.07) is 25.1. The summed E-state index contributed by atoms with van der Waals surface area (Å²) in [5, 5.41) is 14.6. The fraction of sp³-hybridized carbons (Fsp3) is 0.0870. The number of hydrogen-bond donors (Lipinski definition) is 2. The number of nitrogens with zero attached hydrogens (tertiary/aromatic N) is 1. The molecule has 0 aliphatic heterocycles. The van der Waals surface area contributed by atoms with E-state index >= 15 is 0 Å². The highest BCUT2D eigenvalue weighted by atomic mass is 32.1. The molecule has 3 aromatic carbocycles. The number of amides is 1. The molecule has 0 heterocycles. The predicted octanol–water partition coefficient (Wildman–Crippen LogP) is 4.14. The molecule has 6 nitrogen and oxygen atoms in total. The van der Waals surface area contributed by atoms with Crippen LogP contribution in [0.5, 0.6) is 11.5 Å². The van der Waals surface area contributed by atoms with Gasteiger partial charge in [-0.05, 0) is 66.8 Å². The maximum absolute atomic E-state index is 12.3. The Kier molecular flexibility index (Phi) is 7.36. The first-order valence-corrected chi connectivity index (χ1v) is 9.58. The Labute approximate surface area is 180 Å². The van der Waals surface area contributed by atoms with Crippen LogP contribution < -0.4 is 20.1 Å². The molecular formula is C23H19N3O3S. The van der Waals surface area contributed by atoms with Crippen molar-refractivity contribution in [2.24, 2.45) is 0 Å². The maximum Gasteiger partial charge on any atom is 0.257 e. The largest absolute Gasteiger partial charge is 0.490 e. The van der Waals surface area contributed by atoms with E-state index in [4.69, 9.17) is 27.0 Å². The Balaban J connectivity index is 1.44. The molecule has 7 heteroatoms. The molecule has 0 aliphatic rings. The SMILES string of the molecule is N#Cc1cccc(NC(=S)NC(=O)c2ccc(OCCOc3ccccc3)cc2)c1. The van der Waals surface area contributed by atoms with Gasteiger partial charge in [0, 0.05) is 11.3 Å². The fourth-order valence-electron chi connectivity index (χ4n) is 2.54. The van der Waals surface area contributed by atoms with E-state index in [-0.39, 0.29) is 11.0 Å². The lowest BCUT2D eigenvalue weighted by atomic mass is 10.2. The van der Waals surface area contributed by atoms with Crippen LogP contribution in [0.2, 0.25) is 0 Å². The summed E-state index contributed by atoms with van der Waals surface area (Å²) in [6.07, 6.45) is 0. The minimum atomic E-state index is -0.345. The molecule has 0 fully saturated rings. The number of anilines is 1. The molecule has 0 aliphatic carbocycles. The Morgan fingerprint density at radius 2 is 1.57 bits per heavy atom. The van der Waals surface area contributed by atoms with Crippen LogP contribution in [-0.4, -0.2) is 24.2 Å². The van der Waals surface area contributed by atoms with E-state index in [1.165, 1.54) is 0 Å². The second-order valence-electron chi connectivity index (χ2n) is 6.14. The van der Waals surface area contributed by atoms with Gasteiger partial charge in [-0.25, -0.2) is 0 Å². The topological polar surface area (TPSA) is 83.4 Å². The predicted molar refractivity (Wildman–Crippen MR) is 119 cm³/mol. The summed E-state index contributed by atoms with van der Waals surface area (Å²) in [6.45, 7) is 0.801. The Morgan fingerprint density at radius 1 is 0.900 bits per heavy atom. The first-order chi connectivity index (χ1) is 14.6. The summed E-state index contributed by atoms with van der Waals surface area (Å²) < 4.78 is 11.2. The van der Waals surface area contributed by atoms with Crippen molar-refractivity contribution in [3.8, 4) is 17.6 Å². The molecule has 0 radical (unpaired) electrons. The number of benzene rings is 3. The zero-order valence-corrected chi connectivity index (χ0v) is 16.8. The third-order valence-corrected chi connectivity index (χ3v) is 4.16. The summed E-state index contributed by atoms with van der Waals surface area (Å²) >= 11 is 5.16. The van der Waals surface area contributed by atoms with E-state index in [2.05, 4.69) is 10.6 Å². The molecule has 0 spiro atoms. The summed E-state index contributed by atoms with van der Waals surface area (Å²) in [5.41, 5.74) is 1.57. The average molecular weight is 417 g/mol. The van der Waals surface area contributed by atoms with E-state index in [0.717, 1.165) is 5.75 Å². The van der Waals surface area contributed by atoms with Gasteiger partial charge in [-0.1, -0.05) is 24.3 Å². The van der Waals surface area contributed by atoms with Gasteiger partial charge in [0.15, 0.2) is 5.11 Å². The van der Waals surface area contributed by atoms with Gasteiger partial charge in [-0.15, -0.1) is 0 Å². The second kappa shape index (κ2) is 10.6. The molecule has 3 aromatic rings. The number of carbonyl (C=O) groups is 1. The molecule has 2 N–H and O–H groups in total. The third kappa shape index (κ3) is 6.33. The summed E-state index contributed by atoms with van der Waals surface area (Å²) in [7, 11) is 0. The number of thiocarbonyl (C=S) groups is 1. The van der Waals surface area contributed by atoms with Gasteiger partial charge < -0.3 is 14.8 Å². The van der Waals surface area contributed by atoms with Crippen LogP contribution in [0.15, 0.2) is 78.9 Å². The lowest BCUT2D eigenvalue weighted by Gasteiger charge is -2.11. The normalized spacial score (nSPS) is 9.83. The van der Waals surface area contributed by atoms with Crippen LogP contribution >= 0.6 is 12.2 Å². The molecule has 30 heavy (non-hydrogen) atoms. The number of para-hydroxylation sites is 1. The second-order valence-corrected chi connectivity index (χ2v) is 6.54. The molecule has 3 rings (SSSR count). The molecular weight excluding hydrogens is 398 g/mol. The zero-order chi connectivity index (χ0) is 21.2. The molecule has 0 saturated heterocycles. The van der Waals surface area contributed by atoms with E-state index in [0.29, 0.717) is 35.8 Å². The van der Waals surface area contributed by atoms with Crippen LogP contribution in [0.4, 0.5) is 5.69 Å². The minimum absolute atomic E-state index is 0.147. The van der Waals surface area contributed by atoms with E-state index < -0.39 is 0 Å². The number of nitrogens with one attached hydrogen (secondary N) is 2. The van der Waals surface area contributed by atoms with Crippen LogP contribution in [-0.2, 0) is 0 Å². The molecule has 0 bridgehead atoms. The molecule has 0 atom stereocenters. The van der Waals surface area contributed by atoms with Crippen molar-refractivity contribution < 1.29 is 14.3 Å². The fourth-order valence-corrected chi connectivity index (χ4v) is 2.75. The van der Waals surface area contributed by atoms with Crippen LogP contribution in [0.25, 0.3) is 0 Å². The highest BCUT2D eigenvalue weighted by molar-refractivity contribution is 7.80. The van der Waals surface area contributed by atoms with Crippen molar-refractivity contribution >= 4 is 28.9 Å². The quantitative estimate of drug-likeness (QED) is 0.444. The highest BCUT2D eigenvalue weighted by Crippen LogP contribution is 2.13. The van der Waals surface area contributed by atoms with Gasteiger partial charge >= 0.3 is 0 Å². The van der Waals surface area contributed by atoms with Crippen molar-refractivity contribution in [2.45, 2.75) is 0 Å². The molecule has 0 aromatic heterocycles. The Hall–Kier alpha value is -3.89.